The van der Waals surface area contributed by atoms with Gasteiger partial charge in [-0.3, -0.25) is 4.79 Å². The van der Waals surface area contributed by atoms with E-state index < -0.39 is 0 Å². The number of rotatable bonds is 7. The second kappa shape index (κ2) is 7.61. The average molecular weight is 266 g/mol. The molecule has 0 saturated heterocycles. The van der Waals surface area contributed by atoms with E-state index in [9.17, 15) is 4.79 Å². The van der Waals surface area contributed by atoms with Gasteiger partial charge >= 0.3 is 5.97 Å². The van der Waals surface area contributed by atoms with E-state index in [0.717, 1.165) is 6.42 Å². The van der Waals surface area contributed by atoms with Crippen molar-refractivity contribution in [1.29, 1.82) is 0 Å². The van der Waals surface area contributed by atoms with Gasteiger partial charge in [-0.2, -0.15) is 0 Å². The van der Waals surface area contributed by atoms with Crippen LogP contribution in [0.4, 0.5) is 5.82 Å². The lowest BCUT2D eigenvalue weighted by Crippen LogP contribution is -2.37. The summed E-state index contributed by atoms with van der Waals surface area (Å²) in [4.78, 5) is 17.7. The van der Waals surface area contributed by atoms with Crippen LogP contribution in [-0.4, -0.2) is 37.3 Å². The Morgan fingerprint density at radius 3 is 2.79 bits per heavy atom. The number of aromatic nitrogens is 1. The van der Waals surface area contributed by atoms with E-state index >= 15 is 0 Å². The molecule has 0 aliphatic rings. The minimum absolute atomic E-state index is 0.123. The van der Waals surface area contributed by atoms with Crippen LogP contribution in [0.15, 0.2) is 18.3 Å². The first-order valence-electron chi connectivity index (χ1n) is 6.51. The number of pyridine rings is 1. The summed E-state index contributed by atoms with van der Waals surface area (Å²) in [7, 11) is 1.38. The van der Waals surface area contributed by atoms with Gasteiger partial charge in [-0.1, -0.05) is 6.92 Å². The summed E-state index contributed by atoms with van der Waals surface area (Å²) in [6.07, 6.45) is 2.62. The molecule has 0 aliphatic heterocycles. The predicted octanol–water partition coefficient (Wildman–Crippen LogP) is 2.26. The summed E-state index contributed by atoms with van der Waals surface area (Å²) in [5.41, 5.74) is 0. The normalized spacial score (nSPS) is 10.4. The highest BCUT2D eigenvalue weighted by Gasteiger charge is 2.20. The number of anilines is 1. The average Bonchev–Trinajstić information content (AvgIpc) is 2.42. The Bertz CT molecular complexity index is 407. The van der Waals surface area contributed by atoms with Crippen LogP contribution in [0, 0.1) is 0 Å². The molecule has 0 N–H and O–H groups in total. The SMILES string of the molecule is CCCOc1cccnc1N(CC(=O)OC)C(C)C. The number of nitrogens with zero attached hydrogens (tertiary/aromatic N) is 2. The molecule has 0 spiro atoms. The van der Waals surface area contributed by atoms with Crippen LogP contribution in [-0.2, 0) is 9.53 Å². The smallest absolute Gasteiger partial charge is 0.325 e. The molecule has 0 radical (unpaired) electrons. The van der Waals surface area contributed by atoms with Crippen molar-refractivity contribution in [1.82, 2.24) is 4.98 Å². The topological polar surface area (TPSA) is 51.7 Å². The standard InChI is InChI=1S/C14H22N2O3/c1-5-9-19-12-7-6-8-15-14(12)16(11(2)3)10-13(17)18-4/h6-8,11H,5,9-10H2,1-4H3. The molecule has 106 valence electrons. The molecule has 1 aromatic heterocycles. The molecule has 1 heterocycles. The summed E-state index contributed by atoms with van der Waals surface area (Å²) in [5.74, 6) is 1.08. The Morgan fingerprint density at radius 2 is 2.21 bits per heavy atom. The third-order valence-electron chi connectivity index (χ3n) is 2.64. The highest BCUT2D eigenvalue weighted by atomic mass is 16.5. The summed E-state index contributed by atoms with van der Waals surface area (Å²) < 4.78 is 10.4. The fourth-order valence-electron chi connectivity index (χ4n) is 1.63. The molecule has 1 aromatic rings. The molecule has 0 saturated carbocycles. The van der Waals surface area contributed by atoms with E-state index in [-0.39, 0.29) is 18.6 Å². The van der Waals surface area contributed by atoms with Crippen LogP contribution >= 0.6 is 0 Å². The van der Waals surface area contributed by atoms with Gasteiger partial charge in [0.1, 0.15) is 6.54 Å². The van der Waals surface area contributed by atoms with Crippen molar-refractivity contribution in [2.24, 2.45) is 0 Å². The number of methoxy groups -OCH3 is 1. The minimum atomic E-state index is -0.291. The van der Waals surface area contributed by atoms with Gasteiger partial charge in [-0.15, -0.1) is 0 Å². The number of hydrogen-bond acceptors (Lipinski definition) is 5. The van der Waals surface area contributed by atoms with Crippen LogP contribution in [0.2, 0.25) is 0 Å². The number of carbonyl (C=O) groups is 1. The van der Waals surface area contributed by atoms with Crippen molar-refractivity contribution in [3.8, 4) is 5.75 Å². The van der Waals surface area contributed by atoms with Gasteiger partial charge in [-0.05, 0) is 32.4 Å². The molecule has 0 amide bonds. The zero-order valence-electron chi connectivity index (χ0n) is 12.0. The van der Waals surface area contributed by atoms with E-state index in [1.807, 2.05) is 37.8 Å². The lowest BCUT2D eigenvalue weighted by atomic mass is 10.3. The lowest BCUT2D eigenvalue weighted by molar-refractivity contribution is -0.139. The molecule has 5 heteroatoms. The molecule has 0 fully saturated rings. The van der Waals surface area contributed by atoms with Crippen molar-refractivity contribution in [2.45, 2.75) is 33.2 Å². The van der Waals surface area contributed by atoms with Crippen LogP contribution in [0.25, 0.3) is 0 Å². The van der Waals surface area contributed by atoms with Crippen LogP contribution < -0.4 is 9.64 Å². The Balaban J connectivity index is 2.97. The summed E-state index contributed by atoms with van der Waals surface area (Å²) in [6, 6.07) is 3.81. The van der Waals surface area contributed by atoms with Crippen LogP contribution in [0.3, 0.4) is 0 Å². The van der Waals surface area contributed by atoms with Gasteiger partial charge in [0.15, 0.2) is 11.6 Å². The maximum Gasteiger partial charge on any atom is 0.325 e. The third-order valence-corrected chi connectivity index (χ3v) is 2.64. The molecular weight excluding hydrogens is 244 g/mol. The Kier molecular flexibility index (Phi) is 6.12. The number of carbonyl (C=O) groups excluding carboxylic acids is 1. The van der Waals surface area contributed by atoms with Gasteiger partial charge in [0.2, 0.25) is 0 Å². The van der Waals surface area contributed by atoms with Crippen molar-refractivity contribution in [2.75, 3.05) is 25.2 Å². The van der Waals surface area contributed by atoms with E-state index in [1.165, 1.54) is 7.11 Å². The van der Waals surface area contributed by atoms with Crippen molar-refractivity contribution in [3.63, 3.8) is 0 Å². The summed E-state index contributed by atoms with van der Waals surface area (Å²) in [6.45, 7) is 6.84. The van der Waals surface area contributed by atoms with E-state index in [2.05, 4.69) is 4.98 Å². The Hall–Kier alpha value is -1.78. The van der Waals surface area contributed by atoms with Gasteiger partial charge in [0.05, 0.1) is 13.7 Å². The molecule has 0 bridgehead atoms. The largest absolute Gasteiger partial charge is 0.490 e. The maximum absolute atomic E-state index is 11.5. The van der Waals surface area contributed by atoms with Gasteiger partial charge in [0.25, 0.3) is 0 Å². The minimum Gasteiger partial charge on any atom is -0.490 e. The van der Waals surface area contributed by atoms with Crippen LogP contribution in [0.1, 0.15) is 27.2 Å². The number of esters is 1. The molecule has 5 nitrogen and oxygen atoms in total. The molecule has 0 aliphatic carbocycles. The van der Waals surface area contributed by atoms with Crippen molar-refractivity contribution < 1.29 is 14.3 Å². The first-order valence-corrected chi connectivity index (χ1v) is 6.51. The Morgan fingerprint density at radius 1 is 1.47 bits per heavy atom. The third kappa shape index (κ3) is 4.43. The first kappa shape index (κ1) is 15.3. The monoisotopic (exact) mass is 266 g/mol. The molecule has 19 heavy (non-hydrogen) atoms. The zero-order chi connectivity index (χ0) is 14.3. The van der Waals surface area contributed by atoms with Crippen molar-refractivity contribution in [3.05, 3.63) is 18.3 Å². The van der Waals surface area contributed by atoms with Gasteiger partial charge < -0.3 is 14.4 Å². The molecule has 0 unspecified atom stereocenters. The quantitative estimate of drug-likeness (QED) is 0.708. The van der Waals surface area contributed by atoms with Crippen LogP contribution in [0.5, 0.6) is 5.75 Å². The maximum atomic E-state index is 11.5. The highest BCUT2D eigenvalue weighted by Crippen LogP contribution is 2.26. The second-order valence-electron chi connectivity index (χ2n) is 4.47. The number of hydrogen-bond donors (Lipinski definition) is 0. The number of ether oxygens (including phenoxy) is 2. The first-order chi connectivity index (χ1) is 9.10. The predicted molar refractivity (Wildman–Crippen MR) is 74.5 cm³/mol. The lowest BCUT2D eigenvalue weighted by Gasteiger charge is -2.28. The van der Waals surface area contributed by atoms with Crippen molar-refractivity contribution >= 4 is 11.8 Å². The van der Waals surface area contributed by atoms with E-state index in [0.29, 0.717) is 18.2 Å². The van der Waals surface area contributed by atoms with Gasteiger partial charge in [-0.25, -0.2) is 4.98 Å². The molecule has 0 aromatic carbocycles. The zero-order valence-corrected chi connectivity index (χ0v) is 12.0. The van der Waals surface area contributed by atoms with E-state index in [1.54, 1.807) is 6.20 Å². The second-order valence-corrected chi connectivity index (χ2v) is 4.47. The fourth-order valence-corrected chi connectivity index (χ4v) is 1.63. The molecule has 0 atom stereocenters. The van der Waals surface area contributed by atoms with Gasteiger partial charge in [0, 0.05) is 12.2 Å². The summed E-state index contributed by atoms with van der Waals surface area (Å²) in [5, 5.41) is 0. The molecular formula is C14H22N2O3. The Labute approximate surface area is 114 Å². The molecule has 1 rings (SSSR count). The van der Waals surface area contributed by atoms with E-state index in [4.69, 9.17) is 9.47 Å². The summed E-state index contributed by atoms with van der Waals surface area (Å²) >= 11 is 0. The fraction of sp³-hybridized carbons (Fsp3) is 0.571. The highest BCUT2D eigenvalue weighted by molar-refractivity contribution is 5.76.